The number of ether oxygens (including phenoxy) is 2. The quantitative estimate of drug-likeness (QED) is 0.628. The summed E-state index contributed by atoms with van der Waals surface area (Å²) in [5, 5.41) is 0. The highest BCUT2D eigenvalue weighted by molar-refractivity contribution is 5.43. The zero-order valence-corrected chi connectivity index (χ0v) is 16.2. The van der Waals surface area contributed by atoms with Gasteiger partial charge in [-0.05, 0) is 56.5 Å². The number of methoxy groups -OCH3 is 1. The minimum atomic E-state index is -0.349. The van der Waals surface area contributed by atoms with Crippen LogP contribution in [0.4, 0.5) is 4.39 Å². The molecule has 1 aliphatic rings. The van der Waals surface area contributed by atoms with Crippen LogP contribution in [0.15, 0.2) is 24.4 Å². The molecule has 0 spiro atoms. The molecule has 0 bridgehead atoms. The Kier molecular flexibility index (Phi) is 6.98. The fraction of sp³-hybridized carbons (Fsp3) is 0.524. The molecule has 0 saturated carbocycles. The van der Waals surface area contributed by atoms with Gasteiger partial charge < -0.3 is 14.4 Å². The Morgan fingerprint density at radius 1 is 1.19 bits per heavy atom. The highest BCUT2D eigenvalue weighted by atomic mass is 19.1. The van der Waals surface area contributed by atoms with Crippen LogP contribution in [0.2, 0.25) is 0 Å². The molecule has 1 aromatic carbocycles. The molecule has 1 aliphatic heterocycles. The Bertz CT molecular complexity index is 748. The smallest absolute Gasteiger partial charge is 0.162 e. The van der Waals surface area contributed by atoms with E-state index in [1.54, 1.807) is 7.11 Å². The number of likely N-dealkylation sites (tertiary alicyclic amines) is 1. The van der Waals surface area contributed by atoms with Crippen LogP contribution in [0.25, 0.3) is 0 Å². The molecule has 2 heterocycles. The summed E-state index contributed by atoms with van der Waals surface area (Å²) in [5.41, 5.74) is 1.46. The van der Waals surface area contributed by atoms with Crippen LogP contribution in [0.1, 0.15) is 43.3 Å². The zero-order valence-electron chi connectivity index (χ0n) is 16.2. The minimum Gasteiger partial charge on any atom is -0.493 e. The van der Waals surface area contributed by atoms with E-state index in [0.717, 1.165) is 24.3 Å². The van der Waals surface area contributed by atoms with Gasteiger partial charge in [-0.2, -0.15) is 0 Å². The van der Waals surface area contributed by atoms with E-state index in [9.17, 15) is 4.39 Å². The van der Waals surface area contributed by atoms with Gasteiger partial charge in [-0.3, -0.25) is 0 Å². The molecule has 2 aromatic rings. The topological polar surface area (TPSA) is 47.5 Å². The summed E-state index contributed by atoms with van der Waals surface area (Å²) in [5.74, 6) is 1.71. The normalized spacial score (nSPS) is 14.5. The lowest BCUT2D eigenvalue weighted by molar-refractivity contribution is 0.254. The first-order valence-electron chi connectivity index (χ1n) is 9.72. The Balaban J connectivity index is 1.62. The molecule has 1 fully saturated rings. The number of hydrogen-bond donors (Lipinski definition) is 0. The van der Waals surface area contributed by atoms with Gasteiger partial charge >= 0.3 is 0 Å². The largest absolute Gasteiger partial charge is 0.493 e. The molecular formula is C21H28FN3O2. The summed E-state index contributed by atoms with van der Waals surface area (Å²) < 4.78 is 25.0. The van der Waals surface area contributed by atoms with Gasteiger partial charge in [0.2, 0.25) is 0 Å². The number of aryl methyl sites for hydroxylation is 1. The highest BCUT2D eigenvalue weighted by Crippen LogP contribution is 2.29. The molecule has 146 valence electrons. The Morgan fingerprint density at radius 3 is 2.74 bits per heavy atom. The van der Waals surface area contributed by atoms with Crippen molar-refractivity contribution >= 4 is 0 Å². The fourth-order valence-corrected chi connectivity index (χ4v) is 3.38. The summed E-state index contributed by atoms with van der Waals surface area (Å²) in [6.07, 6.45) is 5.94. The second-order valence-electron chi connectivity index (χ2n) is 6.85. The summed E-state index contributed by atoms with van der Waals surface area (Å²) in [4.78, 5) is 10.9. The molecule has 0 atom stereocenters. The van der Waals surface area contributed by atoms with Crippen molar-refractivity contribution in [3.05, 3.63) is 47.3 Å². The van der Waals surface area contributed by atoms with Gasteiger partial charge in [0, 0.05) is 13.0 Å². The van der Waals surface area contributed by atoms with Crippen LogP contribution < -0.4 is 9.47 Å². The third-order valence-corrected chi connectivity index (χ3v) is 4.87. The van der Waals surface area contributed by atoms with Gasteiger partial charge in [-0.1, -0.05) is 13.0 Å². The highest BCUT2D eigenvalue weighted by Gasteiger charge is 2.12. The number of benzene rings is 1. The standard InChI is InChI=1S/C21H28FN3O2/c1-3-18-17(22)15-23-21(24-18)14-16-7-8-19(26-2)20(13-16)27-12-6-11-25-9-4-5-10-25/h7-8,13,15H,3-6,9-12,14H2,1-2H3. The first-order valence-corrected chi connectivity index (χ1v) is 9.72. The predicted molar refractivity (Wildman–Crippen MR) is 103 cm³/mol. The van der Waals surface area contributed by atoms with Gasteiger partial charge in [-0.25, -0.2) is 14.4 Å². The van der Waals surface area contributed by atoms with E-state index in [2.05, 4.69) is 14.9 Å². The summed E-state index contributed by atoms with van der Waals surface area (Å²) in [6.45, 7) is 6.03. The van der Waals surface area contributed by atoms with Crippen molar-refractivity contribution in [1.29, 1.82) is 0 Å². The summed E-state index contributed by atoms with van der Waals surface area (Å²) in [6, 6.07) is 5.83. The maximum absolute atomic E-state index is 13.6. The average molecular weight is 373 g/mol. The van der Waals surface area contributed by atoms with Crippen molar-refractivity contribution in [2.24, 2.45) is 0 Å². The number of hydrogen-bond acceptors (Lipinski definition) is 5. The zero-order chi connectivity index (χ0) is 19.1. The molecular weight excluding hydrogens is 345 g/mol. The number of rotatable bonds is 9. The van der Waals surface area contributed by atoms with E-state index >= 15 is 0 Å². The second-order valence-corrected chi connectivity index (χ2v) is 6.85. The molecule has 0 radical (unpaired) electrons. The van der Waals surface area contributed by atoms with Crippen LogP contribution in [-0.2, 0) is 12.8 Å². The first-order chi connectivity index (χ1) is 13.2. The van der Waals surface area contributed by atoms with Crippen LogP contribution in [-0.4, -0.2) is 48.2 Å². The molecule has 27 heavy (non-hydrogen) atoms. The van der Waals surface area contributed by atoms with Gasteiger partial charge in [-0.15, -0.1) is 0 Å². The average Bonchev–Trinajstić information content (AvgIpc) is 3.20. The van der Waals surface area contributed by atoms with Crippen LogP contribution in [0.5, 0.6) is 11.5 Å². The van der Waals surface area contributed by atoms with Crippen molar-refractivity contribution in [2.75, 3.05) is 33.4 Å². The second kappa shape index (κ2) is 9.65. The molecule has 0 amide bonds. The van der Waals surface area contributed by atoms with E-state index in [-0.39, 0.29) is 5.82 Å². The van der Waals surface area contributed by atoms with Crippen LogP contribution in [0.3, 0.4) is 0 Å². The Morgan fingerprint density at radius 2 is 2.00 bits per heavy atom. The molecule has 5 nitrogen and oxygen atoms in total. The maximum atomic E-state index is 13.6. The SMILES string of the molecule is CCc1nc(Cc2ccc(OC)c(OCCCN3CCCC3)c2)ncc1F. The molecule has 1 saturated heterocycles. The van der Waals surface area contributed by atoms with Gasteiger partial charge in [0.1, 0.15) is 5.82 Å². The van der Waals surface area contributed by atoms with E-state index in [4.69, 9.17) is 9.47 Å². The van der Waals surface area contributed by atoms with E-state index in [1.165, 1.54) is 32.1 Å². The third kappa shape index (κ3) is 5.39. The predicted octanol–water partition coefficient (Wildman–Crippen LogP) is 3.64. The van der Waals surface area contributed by atoms with Crippen molar-refractivity contribution in [3.8, 4) is 11.5 Å². The van der Waals surface area contributed by atoms with Gasteiger partial charge in [0.25, 0.3) is 0 Å². The van der Waals surface area contributed by atoms with Crippen molar-refractivity contribution in [1.82, 2.24) is 14.9 Å². The molecule has 1 aromatic heterocycles. The first kappa shape index (κ1) is 19.5. The lowest BCUT2D eigenvalue weighted by atomic mass is 10.1. The monoisotopic (exact) mass is 373 g/mol. The fourth-order valence-electron chi connectivity index (χ4n) is 3.38. The molecule has 6 heteroatoms. The van der Waals surface area contributed by atoms with Gasteiger partial charge in [0.05, 0.1) is 25.6 Å². The number of aromatic nitrogens is 2. The van der Waals surface area contributed by atoms with Crippen LogP contribution >= 0.6 is 0 Å². The summed E-state index contributed by atoms with van der Waals surface area (Å²) in [7, 11) is 1.64. The van der Waals surface area contributed by atoms with E-state index in [1.807, 2.05) is 25.1 Å². The van der Waals surface area contributed by atoms with Crippen molar-refractivity contribution in [3.63, 3.8) is 0 Å². The Labute approximate surface area is 160 Å². The van der Waals surface area contributed by atoms with Gasteiger partial charge in [0.15, 0.2) is 17.3 Å². The lowest BCUT2D eigenvalue weighted by Crippen LogP contribution is -2.21. The number of nitrogens with zero attached hydrogens (tertiary/aromatic N) is 3. The minimum absolute atomic E-state index is 0.349. The van der Waals surface area contributed by atoms with Crippen LogP contribution in [0, 0.1) is 5.82 Å². The maximum Gasteiger partial charge on any atom is 0.162 e. The molecule has 0 unspecified atom stereocenters. The lowest BCUT2D eigenvalue weighted by Gasteiger charge is -2.16. The number of halogens is 1. The van der Waals surface area contributed by atoms with Crippen molar-refractivity contribution in [2.45, 2.75) is 39.0 Å². The summed E-state index contributed by atoms with van der Waals surface area (Å²) >= 11 is 0. The molecule has 3 rings (SSSR count). The Hall–Kier alpha value is -2.21. The van der Waals surface area contributed by atoms with E-state index < -0.39 is 0 Å². The van der Waals surface area contributed by atoms with E-state index in [0.29, 0.717) is 36.7 Å². The van der Waals surface area contributed by atoms with Crippen molar-refractivity contribution < 1.29 is 13.9 Å². The molecule has 0 aliphatic carbocycles. The third-order valence-electron chi connectivity index (χ3n) is 4.87. The molecule has 0 N–H and O–H groups in total.